The molecule has 0 N–H and O–H groups in total. The van der Waals surface area contributed by atoms with Crippen LogP contribution in [0.1, 0.15) is 27.2 Å². The third-order valence-corrected chi connectivity index (χ3v) is 2.95. The number of methoxy groups -OCH3 is 1. The summed E-state index contributed by atoms with van der Waals surface area (Å²) in [5, 5.41) is 0. The summed E-state index contributed by atoms with van der Waals surface area (Å²) in [5.41, 5.74) is 0. The van der Waals surface area contributed by atoms with Crippen molar-refractivity contribution in [2.45, 2.75) is 39.4 Å². The van der Waals surface area contributed by atoms with Crippen LogP contribution in [0.5, 0.6) is 0 Å². The van der Waals surface area contributed by atoms with Gasteiger partial charge in [-0.3, -0.25) is 0 Å². The zero-order valence-corrected chi connectivity index (χ0v) is 8.54. The van der Waals surface area contributed by atoms with Crippen LogP contribution in [0.25, 0.3) is 0 Å². The fourth-order valence-electron chi connectivity index (χ4n) is 1.71. The van der Waals surface area contributed by atoms with Gasteiger partial charge in [-0.25, -0.2) is 0 Å². The van der Waals surface area contributed by atoms with E-state index in [4.69, 9.17) is 9.47 Å². The molecule has 0 spiro atoms. The maximum atomic E-state index is 5.65. The molecule has 1 heterocycles. The van der Waals surface area contributed by atoms with E-state index in [0.29, 0.717) is 24.0 Å². The van der Waals surface area contributed by atoms with E-state index in [1.165, 1.54) is 0 Å². The van der Waals surface area contributed by atoms with E-state index in [9.17, 15) is 0 Å². The molecule has 12 heavy (non-hydrogen) atoms. The Kier molecular flexibility index (Phi) is 3.53. The van der Waals surface area contributed by atoms with Crippen LogP contribution in [0, 0.1) is 11.8 Å². The monoisotopic (exact) mass is 172 g/mol. The molecule has 1 fully saturated rings. The van der Waals surface area contributed by atoms with Crippen molar-refractivity contribution in [3.05, 3.63) is 0 Å². The normalized spacial score (nSPS) is 32.8. The first-order valence-corrected chi connectivity index (χ1v) is 4.81. The lowest BCUT2D eigenvalue weighted by Crippen LogP contribution is -2.32. The Morgan fingerprint density at radius 3 is 2.50 bits per heavy atom. The number of rotatable bonds is 3. The minimum absolute atomic E-state index is 0.315. The highest BCUT2D eigenvalue weighted by Crippen LogP contribution is 2.27. The lowest BCUT2D eigenvalue weighted by molar-refractivity contribution is -0.0245. The summed E-state index contributed by atoms with van der Waals surface area (Å²) in [6.45, 7) is 7.57. The molecule has 2 heteroatoms. The Morgan fingerprint density at radius 1 is 1.33 bits per heavy atom. The lowest BCUT2D eigenvalue weighted by atomic mass is 9.89. The summed E-state index contributed by atoms with van der Waals surface area (Å²) in [4.78, 5) is 0. The molecule has 3 atom stereocenters. The van der Waals surface area contributed by atoms with Gasteiger partial charge in [-0.2, -0.15) is 0 Å². The van der Waals surface area contributed by atoms with Gasteiger partial charge in [0, 0.05) is 13.7 Å². The molecule has 1 aliphatic heterocycles. The summed E-state index contributed by atoms with van der Waals surface area (Å²) >= 11 is 0. The number of ether oxygens (including phenoxy) is 2. The molecule has 3 unspecified atom stereocenters. The number of hydrogen-bond acceptors (Lipinski definition) is 2. The van der Waals surface area contributed by atoms with Gasteiger partial charge in [0.1, 0.15) is 0 Å². The van der Waals surface area contributed by atoms with E-state index in [1.807, 2.05) is 0 Å². The van der Waals surface area contributed by atoms with Crippen LogP contribution < -0.4 is 0 Å². The van der Waals surface area contributed by atoms with E-state index in [2.05, 4.69) is 20.8 Å². The van der Waals surface area contributed by atoms with Gasteiger partial charge in [-0.15, -0.1) is 0 Å². The van der Waals surface area contributed by atoms with Crippen LogP contribution in [-0.4, -0.2) is 25.9 Å². The quantitative estimate of drug-likeness (QED) is 0.649. The second-order valence-corrected chi connectivity index (χ2v) is 4.00. The van der Waals surface area contributed by atoms with Crippen LogP contribution in [0.4, 0.5) is 0 Å². The minimum atomic E-state index is 0.315. The van der Waals surface area contributed by atoms with Crippen LogP contribution >= 0.6 is 0 Å². The fourth-order valence-corrected chi connectivity index (χ4v) is 1.71. The summed E-state index contributed by atoms with van der Waals surface area (Å²) in [6, 6.07) is 0. The molecule has 0 bridgehead atoms. The molecule has 0 aliphatic carbocycles. The SMILES string of the molecule is COC1CCOC1C(C)C(C)C. The maximum absolute atomic E-state index is 5.65. The highest BCUT2D eigenvalue weighted by atomic mass is 16.5. The first-order valence-electron chi connectivity index (χ1n) is 4.81. The summed E-state index contributed by atoms with van der Waals surface area (Å²) in [5.74, 6) is 1.27. The molecule has 0 radical (unpaired) electrons. The molecule has 72 valence electrons. The Morgan fingerprint density at radius 2 is 2.00 bits per heavy atom. The van der Waals surface area contributed by atoms with Gasteiger partial charge < -0.3 is 9.47 Å². The van der Waals surface area contributed by atoms with Gasteiger partial charge in [0.2, 0.25) is 0 Å². The molecule has 1 aliphatic rings. The van der Waals surface area contributed by atoms with Crippen LogP contribution in [0.15, 0.2) is 0 Å². The van der Waals surface area contributed by atoms with E-state index >= 15 is 0 Å². The molecule has 0 aromatic heterocycles. The predicted molar refractivity (Wildman–Crippen MR) is 49.2 cm³/mol. The van der Waals surface area contributed by atoms with E-state index in [1.54, 1.807) is 7.11 Å². The molecule has 0 aromatic rings. The van der Waals surface area contributed by atoms with Crippen LogP contribution in [-0.2, 0) is 9.47 Å². The van der Waals surface area contributed by atoms with Gasteiger partial charge in [0.05, 0.1) is 12.2 Å². The van der Waals surface area contributed by atoms with Crippen molar-refractivity contribution >= 4 is 0 Å². The van der Waals surface area contributed by atoms with Crippen LogP contribution in [0.3, 0.4) is 0 Å². The third kappa shape index (κ3) is 1.99. The average molecular weight is 172 g/mol. The minimum Gasteiger partial charge on any atom is -0.379 e. The van der Waals surface area contributed by atoms with E-state index in [-0.39, 0.29) is 0 Å². The van der Waals surface area contributed by atoms with Crippen molar-refractivity contribution < 1.29 is 9.47 Å². The molecular formula is C10H20O2. The summed E-state index contributed by atoms with van der Waals surface area (Å²) in [6.07, 6.45) is 1.69. The topological polar surface area (TPSA) is 18.5 Å². The lowest BCUT2D eigenvalue weighted by Gasteiger charge is -2.26. The Balaban J connectivity index is 2.49. The summed E-state index contributed by atoms with van der Waals surface area (Å²) < 4.78 is 11.0. The Labute approximate surface area is 75.2 Å². The Hall–Kier alpha value is -0.0800. The molecule has 1 saturated heterocycles. The van der Waals surface area contributed by atoms with Crippen molar-refractivity contribution in [2.75, 3.05) is 13.7 Å². The van der Waals surface area contributed by atoms with Gasteiger partial charge in [-0.1, -0.05) is 20.8 Å². The number of hydrogen-bond donors (Lipinski definition) is 0. The van der Waals surface area contributed by atoms with Crippen LogP contribution in [0.2, 0.25) is 0 Å². The second-order valence-electron chi connectivity index (χ2n) is 4.00. The zero-order chi connectivity index (χ0) is 9.14. The van der Waals surface area contributed by atoms with Gasteiger partial charge in [0.15, 0.2) is 0 Å². The fraction of sp³-hybridized carbons (Fsp3) is 1.00. The smallest absolute Gasteiger partial charge is 0.0865 e. The van der Waals surface area contributed by atoms with Gasteiger partial charge in [-0.05, 0) is 18.3 Å². The molecule has 1 rings (SSSR count). The van der Waals surface area contributed by atoms with Crippen molar-refractivity contribution in [1.29, 1.82) is 0 Å². The van der Waals surface area contributed by atoms with Crippen molar-refractivity contribution in [2.24, 2.45) is 11.8 Å². The molecular weight excluding hydrogens is 152 g/mol. The molecule has 2 nitrogen and oxygen atoms in total. The first kappa shape index (κ1) is 10.0. The van der Waals surface area contributed by atoms with Gasteiger partial charge >= 0.3 is 0 Å². The first-order chi connectivity index (χ1) is 5.66. The highest BCUT2D eigenvalue weighted by molar-refractivity contribution is 4.82. The maximum Gasteiger partial charge on any atom is 0.0865 e. The molecule has 0 aromatic carbocycles. The highest BCUT2D eigenvalue weighted by Gasteiger charge is 2.33. The largest absolute Gasteiger partial charge is 0.379 e. The second kappa shape index (κ2) is 4.24. The van der Waals surface area contributed by atoms with Crippen molar-refractivity contribution in [1.82, 2.24) is 0 Å². The zero-order valence-electron chi connectivity index (χ0n) is 8.54. The summed E-state index contributed by atoms with van der Waals surface area (Å²) in [7, 11) is 1.78. The van der Waals surface area contributed by atoms with Crippen molar-refractivity contribution in [3.63, 3.8) is 0 Å². The third-order valence-electron chi connectivity index (χ3n) is 2.95. The molecule has 0 amide bonds. The van der Waals surface area contributed by atoms with Crippen molar-refractivity contribution in [3.8, 4) is 0 Å². The average Bonchev–Trinajstić information content (AvgIpc) is 2.49. The van der Waals surface area contributed by atoms with Gasteiger partial charge in [0.25, 0.3) is 0 Å². The van der Waals surface area contributed by atoms with E-state index < -0.39 is 0 Å². The Bertz CT molecular complexity index is 134. The standard InChI is InChI=1S/C10H20O2/c1-7(2)8(3)10-9(11-4)5-6-12-10/h7-10H,5-6H2,1-4H3. The predicted octanol–water partition coefficient (Wildman–Crippen LogP) is 2.08. The van der Waals surface area contributed by atoms with E-state index in [0.717, 1.165) is 13.0 Å². The molecule has 0 saturated carbocycles.